The molecule has 16 heavy (non-hydrogen) atoms. The number of thioether (sulfide) groups is 1. The molecular formula is C12H22O2S2. The molecule has 1 aliphatic heterocycles. The van der Waals surface area contributed by atoms with Gasteiger partial charge in [-0.1, -0.05) is 27.7 Å². The SMILES string of the molecule is CC[C@@]1(C(=O)CC(C)(C)C)SCCC[S@]1=O. The zero-order valence-corrected chi connectivity index (χ0v) is 12.3. The third-order valence-corrected chi connectivity index (χ3v) is 7.06. The van der Waals surface area contributed by atoms with Gasteiger partial charge in [0.25, 0.3) is 0 Å². The first kappa shape index (κ1) is 14.2. The van der Waals surface area contributed by atoms with Crippen LogP contribution in [0.3, 0.4) is 0 Å². The fraction of sp³-hybridized carbons (Fsp3) is 0.917. The predicted molar refractivity (Wildman–Crippen MR) is 72.2 cm³/mol. The fourth-order valence-electron chi connectivity index (χ4n) is 1.94. The quantitative estimate of drug-likeness (QED) is 0.784. The lowest BCUT2D eigenvalue weighted by Crippen LogP contribution is -2.44. The molecule has 94 valence electrons. The summed E-state index contributed by atoms with van der Waals surface area (Å²) in [6.07, 6.45) is 2.20. The van der Waals surface area contributed by atoms with Crippen LogP contribution in [0.5, 0.6) is 0 Å². The molecule has 1 aliphatic rings. The van der Waals surface area contributed by atoms with Crippen LogP contribution >= 0.6 is 11.8 Å². The van der Waals surface area contributed by atoms with Gasteiger partial charge in [0.15, 0.2) is 5.78 Å². The van der Waals surface area contributed by atoms with Crippen LogP contribution in [0, 0.1) is 5.41 Å². The molecule has 0 spiro atoms. The maximum Gasteiger partial charge on any atom is 0.162 e. The number of ketones is 1. The Morgan fingerprint density at radius 3 is 2.50 bits per heavy atom. The van der Waals surface area contributed by atoms with Crippen LogP contribution in [0.2, 0.25) is 0 Å². The Morgan fingerprint density at radius 1 is 1.44 bits per heavy atom. The number of Topliss-reactive ketones (excluding diaryl/α,β-unsaturated/α-hetero) is 1. The molecule has 0 bridgehead atoms. The second-order valence-electron chi connectivity index (χ2n) is 5.52. The van der Waals surface area contributed by atoms with Crippen molar-refractivity contribution in [3.63, 3.8) is 0 Å². The highest BCUT2D eigenvalue weighted by molar-refractivity contribution is 8.14. The molecule has 0 aromatic heterocycles. The van der Waals surface area contributed by atoms with E-state index < -0.39 is 14.9 Å². The molecule has 2 nitrogen and oxygen atoms in total. The Kier molecular flexibility index (Phi) is 4.64. The molecule has 0 N–H and O–H groups in total. The van der Waals surface area contributed by atoms with Gasteiger partial charge in [-0.2, -0.15) is 0 Å². The second-order valence-corrected chi connectivity index (χ2v) is 8.97. The Labute approximate surface area is 105 Å². The summed E-state index contributed by atoms with van der Waals surface area (Å²) in [4.78, 5) is 12.4. The fourth-order valence-corrected chi connectivity index (χ4v) is 5.59. The van der Waals surface area contributed by atoms with E-state index in [4.69, 9.17) is 0 Å². The number of carbonyl (C=O) groups is 1. The first-order valence-corrected chi connectivity index (χ1v) is 8.18. The lowest BCUT2D eigenvalue weighted by molar-refractivity contribution is -0.121. The molecule has 0 aliphatic carbocycles. The van der Waals surface area contributed by atoms with Gasteiger partial charge in [0.2, 0.25) is 0 Å². The second kappa shape index (κ2) is 5.21. The number of hydrogen-bond donors (Lipinski definition) is 0. The van der Waals surface area contributed by atoms with Crippen molar-refractivity contribution in [1.82, 2.24) is 0 Å². The van der Waals surface area contributed by atoms with E-state index >= 15 is 0 Å². The Morgan fingerprint density at radius 2 is 2.06 bits per heavy atom. The van der Waals surface area contributed by atoms with E-state index in [1.54, 1.807) is 11.8 Å². The summed E-state index contributed by atoms with van der Waals surface area (Å²) in [7, 11) is -0.988. The molecule has 2 atom stereocenters. The van der Waals surface area contributed by atoms with Crippen LogP contribution < -0.4 is 0 Å². The Balaban J connectivity index is 2.87. The highest BCUT2D eigenvalue weighted by atomic mass is 32.2. The van der Waals surface area contributed by atoms with Crippen molar-refractivity contribution in [3.8, 4) is 0 Å². The minimum absolute atomic E-state index is 0.0124. The summed E-state index contributed by atoms with van der Waals surface area (Å²) in [5.74, 6) is 1.84. The van der Waals surface area contributed by atoms with Crippen LogP contribution in [0.25, 0.3) is 0 Å². The van der Waals surface area contributed by atoms with E-state index in [0.29, 0.717) is 18.6 Å². The molecule has 1 heterocycles. The van der Waals surface area contributed by atoms with Crippen molar-refractivity contribution in [1.29, 1.82) is 0 Å². The molecule has 0 aromatic carbocycles. The van der Waals surface area contributed by atoms with Crippen molar-refractivity contribution in [2.24, 2.45) is 5.41 Å². The monoisotopic (exact) mass is 262 g/mol. The molecule has 0 unspecified atom stereocenters. The molecule has 0 saturated carbocycles. The van der Waals surface area contributed by atoms with Gasteiger partial charge >= 0.3 is 0 Å². The summed E-state index contributed by atoms with van der Waals surface area (Å²) in [5.41, 5.74) is -0.0124. The summed E-state index contributed by atoms with van der Waals surface area (Å²) >= 11 is 1.62. The zero-order valence-electron chi connectivity index (χ0n) is 10.7. The summed E-state index contributed by atoms with van der Waals surface area (Å²) in [5, 5.41) is 0. The van der Waals surface area contributed by atoms with Crippen molar-refractivity contribution < 1.29 is 9.00 Å². The average molecular weight is 262 g/mol. The first-order chi connectivity index (χ1) is 7.32. The third kappa shape index (κ3) is 3.10. The van der Waals surface area contributed by atoms with Crippen LogP contribution in [0.15, 0.2) is 0 Å². The molecule has 0 radical (unpaired) electrons. The molecule has 1 fully saturated rings. The molecule has 1 rings (SSSR count). The van der Waals surface area contributed by atoms with Crippen molar-refractivity contribution >= 4 is 28.3 Å². The summed E-state index contributed by atoms with van der Waals surface area (Å²) < 4.78 is 11.5. The largest absolute Gasteiger partial charge is 0.297 e. The maximum atomic E-state index is 12.4. The first-order valence-electron chi connectivity index (χ1n) is 5.87. The number of hydrogen-bond acceptors (Lipinski definition) is 3. The smallest absolute Gasteiger partial charge is 0.162 e. The van der Waals surface area contributed by atoms with E-state index in [2.05, 4.69) is 20.8 Å². The van der Waals surface area contributed by atoms with Crippen molar-refractivity contribution in [3.05, 3.63) is 0 Å². The van der Waals surface area contributed by atoms with Gasteiger partial charge in [0, 0.05) is 23.0 Å². The Hall–Kier alpha value is 0.170. The van der Waals surface area contributed by atoms with Crippen molar-refractivity contribution in [2.45, 2.75) is 51.0 Å². The highest BCUT2D eigenvalue weighted by Crippen LogP contribution is 2.41. The predicted octanol–water partition coefficient (Wildman–Crippen LogP) is 2.98. The minimum atomic E-state index is -0.988. The van der Waals surface area contributed by atoms with E-state index in [1.807, 2.05) is 6.92 Å². The van der Waals surface area contributed by atoms with Gasteiger partial charge in [0.05, 0.1) is 0 Å². The minimum Gasteiger partial charge on any atom is -0.297 e. The molecule has 0 amide bonds. The van der Waals surface area contributed by atoms with Gasteiger partial charge in [-0.25, -0.2) is 0 Å². The van der Waals surface area contributed by atoms with Crippen LogP contribution in [-0.4, -0.2) is 25.6 Å². The lowest BCUT2D eigenvalue weighted by atomic mass is 9.88. The van der Waals surface area contributed by atoms with Crippen LogP contribution in [0.4, 0.5) is 0 Å². The van der Waals surface area contributed by atoms with E-state index in [9.17, 15) is 9.00 Å². The standard InChI is InChI=1S/C12H22O2S2/c1-5-12(10(13)9-11(2,3)4)15-7-6-8-16(12)14/h5-9H2,1-4H3/t12-,16-/m1/s1. The van der Waals surface area contributed by atoms with E-state index in [-0.39, 0.29) is 11.2 Å². The van der Waals surface area contributed by atoms with Gasteiger partial charge in [0.1, 0.15) is 4.08 Å². The van der Waals surface area contributed by atoms with Gasteiger partial charge in [-0.3, -0.25) is 9.00 Å². The van der Waals surface area contributed by atoms with E-state index in [0.717, 1.165) is 12.2 Å². The lowest BCUT2D eigenvalue weighted by Gasteiger charge is -2.35. The van der Waals surface area contributed by atoms with Crippen LogP contribution in [0.1, 0.15) is 47.0 Å². The Bertz CT molecular complexity index is 294. The maximum absolute atomic E-state index is 12.4. The normalized spacial score (nSPS) is 31.4. The molecule has 4 heteroatoms. The van der Waals surface area contributed by atoms with Gasteiger partial charge in [-0.05, 0) is 24.0 Å². The number of carbonyl (C=O) groups excluding carboxylic acids is 1. The topological polar surface area (TPSA) is 34.1 Å². The summed E-state index contributed by atoms with van der Waals surface area (Å²) in [6.45, 7) is 8.16. The summed E-state index contributed by atoms with van der Waals surface area (Å²) in [6, 6.07) is 0. The van der Waals surface area contributed by atoms with Gasteiger partial charge < -0.3 is 0 Å². The highest BCUT2D eigenvalue weighted by Gasteiger charge is 2.45. The van der Waals surface area contributed by atoms with Crippen molar-refractivity contribution in [2.75, 3.05) is 11.5 Å². The molecule has 1 saturated heterocycles. The third-order valence-electron chi connectivity index (χ3n) is 2.76. The molecule has 0 aromatic rings. The van der Waals surface area contributed by atoms with Crippen LogP contribution in [-0.2, 0) is 15.6 Å². The molecular weight excluding hydrogens is 240 g/mol. The average Bonchev–Trinajstić information content (AvgIpc) is 2.16. The van der Waals surface area contributed by atoms with E-state index in [1.165, 1.54) is 0 Å². The number of rotatable bonds is 3. The zero-order chi connectivity index (χ0) is 12.4. The van der Waals surface area contributed by atoms with Gasteiger partial charge in [-0.15, -0.1) is 11.8 Å².